The normalized spacial score (nSPS) is 10.4. The van der Waals surface area contributed by atoms with Crippen LogP contribution >= 0.6 is 11.3 Å². The Balaban J connectivity index is 1.70. The first-order valence-corrected chi connectivity index (χ1v) is 7.93. The average Bonchev–Trinajstić information content (AvgIpc) is 3.09. The van der Waals surface area contributed by atoms with Crippen LogP contribution in [0.25, 0.3) is 10.4 Å². The maximum absolute atomic E-state index is 12.3. The Morgan fingerprint density at radius 1 is 1.18 bits per heavy atom. The smallest absolute Gasteiger partial charge is 0.253 e. The van der Waals surface area contributed by atoms with Crippen LogP contribution in [-0.4, -0.2) is 10.9 Å². The summed E-state index contributed by atoms with van der Waals surface area (Å²) < 4.78 is 0. The van der Waals surface area contributed by atoms with Crippen LogP contribution in [0.1, 0.15) is 21.5 Å². The molecule has 3 nitrogen and oxygen atoms in total. The van der Waals surface area contributed by atoms with Crippen molar-refractivity contribution in [2.75, 3.05) is 0 Å². The number of carbonyl (C=O) groups is 1. The third-order valence-electron chi connectivity index (χ3n) is 3.38. The van der Waals surface area contributed by atoms with Gasteiger partial charge in [-0.05, 0) is 30.0 Å². The summed E-state index contributed by atoms with van der Waals surface area (Å²) in [6.45, 7) is 2.56. The highest BCUT2D eigenvalue weighted by atomic mass is 32.1. The van der Waals surface area contributed by atoms with Gasteiger partial charge in [-0.1, -0.05) is 35.9 Å². The molecule has 0 fully saturated rings. The van der Waals surface area contributed by atoms with Crippen LogP contribution in [0.15, 0.2) is 60.2 Å². The van der Waals surface area contributed by atoms with Crippen molar-refractivity contribution in [1.29, 1.82) is 0 Å². The summed E-state index contributed by atoms with van der Waals surface area (Å²) in [6, 6.07) is 14.0. The summed E-state index contributed by atoms with van der Waals surface area (Å²) in [6.07, 6.45) is 3.38. The molecule has 0 bridgehead atoms. The Hall–Kier alpha value is -2.46. The maximum atomic E-state index is 12.3. The van der Waals surface area contributed by atoms with Gasteiger partial charge in [0.2, 0.25) is 0 Å². The van der Waals surface area contributed by atoms with E-state index < -0.39 is 0 Å². The first kappa shape index (κ1) is 14.5. The molecule has 22 heavy (non-hydrogen) atoms. The molecule has 3 rings (SSSR count). The summed E-state index contributed by atoms with van der Waals surface area (Å²) in [7, 11) is 0. The van der Waals surface area contributed by atoms with Crippen molar-refractivity contribution in [2.45, 2.75) is 13.5 Å². The van der Waals surface area contributed by atoms with E-state index in [1.807, 2.05) is 54.8 Å². The third kappa shape index (κ3) is 3.40. The number of hydrogen-bond acceptors (Lipinski definition) is 3. The molecule has 1 N–H and O–H groups in total. The highest BCUT2D eigenvalue weighted by Crippen LogP contribution is 2.24. The summed E-state index contributed by atoms with van der Waals surface area (Å²) in [5.74, 6) is -0.105. The van der Waals surface area contributed by atoms with Crippen LogP contribution in [0, 0.1) is 6.92 Å². The minimum atomic E-state index is -0.105. The van der Waals surface area contributed by atoms with Crippen molar-refractivity contribution >= 4 is 17.2 Å². The summed E-state index contributed by atoms with van der Waals surface area (Å²) >= 11 is 1.64. The molecule has 1 aromatic carbocycles. The molecule has 0 unspecified atom stereocenters. The van der Waals surface area contributed by atoms with Crippen LogP contribution in [-0.2, 0) is 6.54 Å². The van der Waals surface area contributed by atoms with Gasteiger partial charge in [0, 0.05) is 29.4 Å². The van der Waals surface area contributed by atoms with Crippen molar-refractivity contribution in [3.8, 4) is 10.4 Å². The molecular formula is C18H16N2OS. The van der Waals surface area contributed by atoms with Crippen molar-refractivity contribution in [1.82, 2.24) is 10.3 Å². The molecule has 0 atom stereocenters. The Morgan fingerprint density at radius 2 is 2.00 bits per heavy atom. The lowest BCUT2D eigenvalue weighted by Crippen LogP contribution is -2.22. The van der Waals surface area contributed by atoms with E-state index in [-0.39, 0.29) is 5.91 Å². The zero-order valence-electron chi connectivity index (χ0n) is 12.2. The van der Waals surface area contributed by atoms with Gasteiger partial charge in [0.1, 0.15) is 0 Å². The largest absolute Gasteiger partial charge is 0.348 e. The number of carbonyl (C=O) groups excluding carboxylic acids is 1. The predicted octanol–water partition coefficient (Wildman–Crippen LogP) is 4.05. The van der Waals surface area contributed by atoms with Gasteiger partial charge in [0.05, 0.1) is 5.56 Å². The number of hydrogen-bond donors (Lipinski definition) is 1. The number of pyridine rings is 1. The number of nitrogens with zero attached hydrogens (tertiary/aromatic N) is 1. The molecule has 110 valence electrons. The van der Waals surface area contributed by atoms with Gasteiger partial charge >= 0.3 is 0 Å². The van der Waals surface area contributed by atoms with Gasteiger partial charge in [0.15, 0.2) is 0 Å². The Labute approximate surface area is 133 Å². The van der Waals surface area contributed by atoms with E-state index >= 15 is 0 Å². The van der Waals surface area contributed by atoms with Gasteiger partial charge in [-0.3, -0.25) is 9.78 Å². The fourth-order valence-electron chi connectivity index (χ4n) is 2.13. The van der Waals surface area contributed by atoms with E-state index in [1.54, 1.807) is 23.7 Å². The molecule has 1 amide bonds. The molecule has 4 heteroatoms. The van der Waals surface area contributed by atoms with E-state index in [2.05, 4.69) is 10.3 Å². The minimum Gasteiger partial charge on any atom is -0.348 e. The van der Waals surface area contributed by atoms with Crippen LogP contribution in [0.4, 0.5) is 0 Å². The lowest BCUT2D eigenvalue weighted by molar-refractivity contribution is 0.0950. The summed E-state index contributed by atoms with van der Waals surface area (Å²) in [5.41, 5.74) is 3.85. The van der Waals surface area contributed by atoms with Crippen LogP contribution < -0.4 is 5.32 Å². The molecule has 0 aliphatic heterocycles. The molecule has 0 radical (unpaired) electrons. The van der Waals surface area contributed by atoms with Gasteiger partial charge < -0.3 is 5.32 Å². The van der Waals surface area contributed by atoms with Crippen molar-refractivity contribution in [3.63, 3.8) is 0 Å². The van der Waals surface area contributed by atoms with Gasteiger partial charge in [-0.25, -0.2) is 0 Å². The Kier molecular flexibility index (Phi) is 4.30. The van der Waals surface area contributed by atoms with Crippen LogP contribution in [0.3, 0.4) is 0 Å². The third-order valence-corrected chi connectivity index (χ3v) is 4.30. The highest BCUT2D eigenvalue weighted by Gasteiger charge is 2.08. The van der Waals surface area contributed by atoms with E-state index in [9.17, 15) is 4.79 Å². The molecular weight excluding hydrogens is 292 g/mol. The zero-order valence-corrected chi connectivity index (χ0v) is 13.1. The van der Waals surface area contributed by atoms with Crippen LogP contribution in [0.5, 0.6) is 0 Å². The first-order valence-electron chi connectivity index (χ1n) is 7.05. The van der Waals surface area contributed by atoms with E-state index in [4.69, 9.17) is 0 Å². The summed E-state index contributed by atoms with van der Waals surface area (Å²) in [5, 5.41) is 4.95. The predicted molar refractivity (Wildman–Crippen MR) is 89.9 cm³/mol. The standard InChI is InChI=1S/C18H16N2OS/c1-13-4-6-14(7-5-13)10-20-18(21)16-9-15(11-19-12-16)17-3-2-8-22-17/h2-9,11-12H,10H2,1H3,(H,20,21). The topological polar surface area (TPSA) is 42.0 Å². The van der Waals surface area contributed by atoms with Crippen molar-refractivity contribution < 1.29 is 4.79 Å². The fraction of sp³-hybridized carbons (Fsp3) is 0.111. The number of amides is 1. The Morgan fingerprint density at radius 3 is 2.73 bits per heavy atom. The second-order valence-electron chi connectivity index (χ2n) is 5.11. The quantitative estimate of drug-likeness (QED) is 0.790. The number of nitrogens with one attached hydrogen (secondary N) is 1. The summed E-state index contributed by atoms with van der Waals surface area (Å²) in [4.78, 5) is 17.5. The molecule has 3 aromatic rings. The molecule has 0 saturated heterocycles. The SMILES string of the molecule is Cc1ccc(CNC(=O)c2cncc(-c3cccs3)c2)cc1. The van der Waals surface area contributed by atoms with E-state index in [0.717, 1.165) is 16.0 Å². The van der Waals surface area contributed by atoms with E-state index in [0.29, 0.717) is 12.1 Å². The highest BCUT2D eigenvalue weighted by molar-refractivity contribution is 7.13. The van der Waals surface area contributed by atoms with Gasteiger partial charge in [-0.15, -0.1) is 11.3 Å². The molecule has 0 spiro atoms. The maximum Gasteiger partial charge on any atom is 0.253 e. The molecule has 2 heterocycles. The van der Waals surface area contributed by atoms with E-state index in [1.165, 1.54) is 5.56 Å². The molecule has 0 saturated carbocycles. The monoisotopic (exact) mass is 308 g/mol. The minimum absolute atomic E-state index is 0.105. The van der Waals surface area contributed by atoms with Crippen LogP contribution in [0.2, 0.25) is 0 Å². The fourth-order valence-corrected chi connectivity index (χ4v) is 2.84. The zero-order chi connectivity index (χ0) is 15.4. The number of aromatic nitrogens is 1. The second-order valence-corrected chi connectivity index (χ2v) is 6.06. The molecule has 2 aromatic heterocycles. The molecule has 0 aliphatic rings. The lowest BCUT2D eigenvalue weighted by atomic mass is 10.1. The average molecular weight is 308 g/mol. The molecule has 0 aliphatic carbocycles. The number of thiophene rings is 1. The first-order chi connectivity index (χ1) is 10.7. The number of benzene rings is 1. The number of rotatable bonds is 4. The second kappa shape index (κ2) is 6.54. The Bertz CT molecular complexity index is 764. The van der Waals surface area contributed by atoms with Crippen molar-refractivity contribution in [3.05, 3.63) is 76.9 Å². The number of aryl methyl sites for hydroxylation is 1. The van der Waals surface area contributed by atoms with Crippen molar-refractivity contribution in [2.24, 2.45) is 0 Å². The van der Waals surface area contributed by atoms with Gasteiger partial charge in [-0.2, -0.15) is 0 Å². The lowest BCUT2D eigenvalue weighted by Gasteiger charge is -2.06. The van der Waals surface area contributed by atoms with Gasteiger partial charge in [0.25, 0.3) is 5.91 Å².